The number of rotatable bonds is 4. The second-order valence-electron chi connectivity index (χ2n) is 5.40. The van der Waals surface area contributed by atoms with E-state index in [-0.39, 0.29) is 12.4 Å². The Morgan fingerprint density at radius 2 is 2.00 bits per heavy atom. The molecule has 1 rings (SSSR count). The molecule has 4 heteroatoms. The van der Waals surface area contributed by atoms with Crippen LogP contribution in [0.2, 0.25) is 0 Å². The van der Waals surface area contributed by atoms with E-state index in [0.717, 1.165) is 19.4 Å². The predicted molar refractivity (Wildman–Crippen MR) is 74.3 cm³/mol. The summed E-state index contributed by atoms with van der Waals surface area (Å²) < 4.78 is 0. The summed E-state index contributed by atoms with van der Waals surface area (Å²) in [5, 5.41) is 0. The quantitative estimate of drug-likeness (QED) is 0.846. The molecule has 1 aliphatic rings. The first-order valence-corrected chi connectivity index (χ1v) is 6.55. The van der Waals surface area contributed by atoms with Gasteiger partial charge in [0, 0.05) is 25.6 Å². The van der Waals surface area contributed by atoms with Gasteiger partial charge >= 0.3 is 0 Å². The third-order valence-corrected chi connectivity index (χ3v) is 3.85. The number of halogens is 1. The van der Waals surface area contributed by atoms with Crippen LogP contribution in [0, 0.1) is 11.8 Å². The number of piperidine rings is 1. The molecule has 1 fully saturated rings. The fourth-order valence-corrected chi connectivity index (χ4v) is 2.20. The first-order valence-electron chi connectivity index (χ1n) is 6.55. The number of carbonyl (C=O) groups is 1. The largest absolute Gasteiger partial charge is 0.338 e. The lowest BCUT2D eigenvalue weighted by atomic mass is 9.93. The van der Waals surface area contributed by atoms with E-state index in [9.17, 15) is 4.79 Å². The van der Waals surface area contributed by atoms with Crippen molar-refractivity contribution in [1.82, 2.24) is 4.90 Å². The molecule has 0 saturated carbocycles. The number of nitrogens with zero attached hydrogens (tertiary/aromatic N) is 1. The minimum Gasteiger partial charge on any atom is -0.338 e. The maximum Gasteiger partial charge on any atom is 0.223 e. The molecule has 17 heavy (non-hydrogen) atoms. The first-order chi connectivity index (χ1) is 7.56. The summed E-state index contributed by atoms with van der Waals surface area (Å²) in [7, 11) is 0. The molecule has 0 aliphatic carbocycles. The summed E-state index contributed by atoms with van der Waals surface area (Å²) in [6.45, 7) is 8.03. The van der Waals surface area contributed by atoms with Gasteiger partial charge in [-0.25, -0.2) is 0 Å². The van der Waals surface area contributed by atoms with Crippen molar-refractivity contribution in [3.8, 4) is 0 Å². The standard InChI is InChI=1S/C13H26N2O.ClH/c1-10(2)11(3)8-13(16)15-7-5-4-6-12(15)9-14;/h10-12H,4-9,14H2,1-3H3;1H. The maximum absolute atomic E-state index is 12.2. The van der Waals surface area contributed by atoms with E-state index >= 15 is 0 Å². The molecule has 1 aliphatic heterocycles. The van der Waals surface area contributed by atoms with Crippen molar-refractivity contribution in [3.05, 3.63) is 0 Å². The van der Waals surface area contributed by atoms with Crippen LogP contribution in [0.15, 0.2) is 0 Å². The summed E-state index contributed by atoms with van der Waals surface area (Å²) in [4.78, 5) is 14.2. The number of amides is 1. The van der Waals surface area contributed by atoms with Crippen LogP contribution >= 0.6 is 12.4 Å². The van der Waals surface area contributed by atoms with E-state index in [1.54, 1.807) is 0 Å². The predicted octanol–water partition coefficient (Wildman–Crippen LogP) is 2.43. The summed E-state index contributed by atoms with van der Waals surface area (Å²) in [5.41, 5.74) is 5.73. The van der Waals surface area contributed by atoms with Crippen LogP contribution in [0.4, 0.5) is 0 Å². The van der Waals surface area contributed by atoms with E-state index in [0.29, 0.717) is 36.8 Å². The first kappa shape index (κ1) is 16.7. The van der Waals surface area contributed by atoms with E-state index in [1.165, 1.54) is 6.42 Å². The van der Waals surface area contributed by atoms with E-state index < -0.39 is 0 Å². The molecule has 0 radical (unpaired) electrons. The van der Waals surface area contributed by atoms with Gasteiger partial charge in [0.25, 0.3) is 0 Å². The van der Waals surface area contributed by atoms with Crippen LogP contribution in [0.3, 0.4) is 0 Å². The van der Waals surface area contributed by atoms with Crippen LogP contribution in [0.25, 0.3) is 0 Å². The third kappa shape index (κ3) is 4.84. The lowest BCUT2D eigenvalue weighted by Crippen LogP contribution is -2.47. The van der Waals surface area contributed by atoms with Gasteiger partial charge < -0.3 is 10.6 Å². The van der Waals surface area contributed by atoms with Crippen molar-refractivity contribution < 1.29 is 4.79 Å². The van der Waals surface area contributed by atoms with Crippen molar-refractivity contribution in [3.63, 3.8) is 0 Å². The Labute approximate surface area is 112 Å². The van der Waals surface area contributed by atoms with Crippen molar-refractivity contribution in [1.29, 1.82) is 0 Å². The Balaban J connectivity index is 0.00000256. The maximum atomic E-state index is 12.2. The Hall–Kier alpha value is -0.280. The monoisotopic (exact) mass is 262 g/mol. The smallest absolute Gasteiger partial charge is 0.223 e. The third-order valence-electron chi connectivity index (χ3n) is 3.85. The molecule has 0 spiro atoms. The van der Waals surface area contributed by atoms with Crippen LogP contribution in [-0.4, -0.2) is 29.9 Å². The highest BCUT2D eigenvalue weighted by Gasteiger charge is 2.26. The number of likely N-dealkylation sites (tertiary alicyclic amines) is 1. The molecule has 2 N–H and O–H groups in total. The fourth-order valence-electron chi connectivity index (χ4n) is 2.20. The van der Waals surface area contributed by atoms with Gasteiger partial charge in [-0.2, -0.15) is 0 Å². The molecular weight excluding hydrogens is 236 g/mol. The molecule has 0 aromatic heterocycles. The summed E-state index contributed by atoms with van der Waals surface area (Å²) in [6, 6.07) is 0.292. The van der Waals surface area contributed by atoms with E-state index in [2.05, 4.69) is 20.8 Å². The van der Waals surface area contributed by atoms with E-state index in [1.807, 2.05) is 4.90 Å². The highest BCUT2D eigenvalue weighted by Crippen LogP contribution is 2.21. The topological polar surface area (TPSA) is 46.3 Å². The van der Waals surface area contributed by atoms with Gasteiger partial charge in [0.05, 0.1) is 0 Å². The molecule has 0 bridgehead atoms. The molecule has 2 unspecified atom stereocenters. The van der Waals surface area contributed by atoms with Crippen LogP contribution in [-0.2, 0) is 4.79 Å². The summed E-state index contributed by atoms with van der Waals surface area (Å²) in [6.07, 6.45) is 4.11. The zero-order chi connectivity index (χ0) is 12.1. The molecule has 1 amide bonds. The SMILES string of the molecule is CC(C)C(C)CC(=O)N1CCCCC1CN.Cl. The molecule has 2 atom stereocenters. The number of carbonyl (C=O) groups excluding carboxylic acids is 1. The molecule has 0 aromatic rings. The average molecular weight is 263 g/mol. The Morgan fingerprint density at radius 1 is 1.35 bits per heavy atom. The second-order valence-corrected chi connectivity index (χ2v) is 5.40. The fraction of sp³-hybridized carbons (Fsp3) is 0.923. The van der Waals surface area contributed by atoms with Gasteiger partial charge in [0.1, 0.15) is 0 Å². The zero-order valence-electron chi connectivity index (χ0n) is 11.3. The highest BCUT2D eigenvalue weighted by molar-refractivity contribution is 5.85. The molecule has 0 aromatic carbocycles. The molecule has 1 heterocycles. The highest BCUT2D eigenvalue weighted by atomic mass is 35.5. The van der Waals surface area contributed by atoms with Crippen LogP contribution in [0.1, 0.15) is 46.5 Å². The van der Waals surface area contributed by atoms with E-state index in [4.69, 9.17) is 5.73 Å². The Kier molecular flexibility index (Phi) is 7.80. The Morgan fingerprint density at radius 3 is 2.53 bits per heavy atom. The number of hydrogen-bond acceptors (Lipinski definition) is 2. The lowest BCUT2D eigenvalue weighted by molar-refractivity contribution is -0.135. The van der Waals surface area contributed by atoms with Crippen LogP contribution in [0.5, 0.6) is 0 Å². The number of hydrogen-bond donors (Lipinski definition) is 1. The normalized spacial score (nSPS) is 22.2. The van der Waals surface area contributed by atoms with Gasteiger partial charge in [0.2, 0.25) is 5.91 Å². The van der Waals surface area contributed by atoms with Gasteiger partial charge in [-0.05, 0) is 31.1 Å². The van der Waals surface area contributed by atoms with Crippen molar-refractivity contribution in [2.45, 2.75) is 52.5 Å². The molecule has 1 saturated heterocycles. The van der Waals surface area contributed by atoms with Gasteiger partial charge in [-0.15, -0.1) is 12.4 Å². The second kappa shape index (κ2) is 7.93. The molecule has 102 valence electrons. The molecular formula is C13H27ClN2O. The average Bonchev–Trinajstić information content (AvgIpc) is 2.28. The summed E-state index contributed by atoms with van der Waals surface area (Å²) >= 11 is 0. The minimum absolute atomic E-state index is 0. The molecule has 3 nitrogen and oxygen atoms in total. The van der Waals surface area contributed by atoms with Gasteiger partial charge in [-0.3, -0.25) is 4.79 Å². The van der Waals surface area contributed by atoms with Crippen molar-refractivity contribution in [2.24, 2.45) is 17.6 Å². The van der Waals surface area contributed by atoms with Crippen molar-refractivity contribution >= 4 is 18.3 Å². The Bertz CT molecular complexity index is 233. The number of nitrogens with two attached hydrogens (primary N) is 1. The zero-order valence-corrected chi connectivity index (χ0v) is 12.1. The summed E-state index contributed by atoms with van der Waals surface area (Å²) in [5.74, 6) is 1.34. The van der Waals surface area contributed by atoms with Crippen molar-refractivity contribution in [2.75, 3.05) is 13.1 Å². The van der Waals surface area contributed by atoms with Gasteiger partial charge in [0.15, 0.2) is 0 Å². The van der Waals surface area contributed by atoms with Crippen LogP contribution < -0.4 is 5.73 Å². The lowest BCUT2D eigenvalue weighted by Gasteiger charge is -2.36. The van der Waals surface area contributed by atoms with Gasteiger partial charge in [-0.1, -0.05) is 20.8 Å². The minimum atomic E-state index is 0.